The third-order valence-corrected chi connectivity index (χ3v) is 2.36. The first kappa shape index (κ1) is 13.3. The second-order valence-corrected chi connectivity index (χ2v) is 3.98. The van der Waals surface area contributed by atoms with E-state index in [2.05, 4.69) is 5.32 Å². The molecule has 1 atom stereocenters. The number of carboxylic acid groups (broad SMARTS) is 1. The number of aryl methyl sites for hydroxylation is 1. The Morgan fingerprint density at radius 3 is 2.65 bits per heavy atom. The maximum absolute atomic E-state index is 11.5. The molecule has 1 heterocycles. The van der Waals surface area contributed by atoms with Gasteiger partial charge in [0.15, 0.2) is 0 Å². The third kappa shape index (κ3) is 4.72. The van der Waals surface area contributed by atoms with Crippen LogP contribution >= 0.6 is 0 Å². The Balaban J connectivity index is 2.33. The maximum Gasteiger partial charge on any atom is 0.303 e. The molecule has 5 heteroatoms. The number of rotatable bonds is 6. The van der Waals surface area contributed by atoms with Gasteiger partial charge >= 0.3 is 5.97 Å². The summed E-state index contributed by atoms with van der Waals surface area (Å²) in [5.41, 5.74) is 0. The van der Waals surface area contributed by atoms with Crippen LogP contribution in [-0.4, -0.2) is 17.0 Å². The largest absolute Gasteiger partial charge is 0.481 e. The van der Waals surface area contributed by atoms with Crippen molar-refractivity contribution < 1.29 is 19.1 Å². The first-order chi connectivity index (χ1) is 7.99. The molecule has 0 radical (unpaired) electrons. The number of aliphatic carboxylic acids is 1. The molecule has 1 amide bonds. The van der Waals surface area contributed by atoms with Crippen molar-refractivity contribution >= 4 is 11.9 Å². The standard InChI is InChI=1S/C12H17NO4/c1-8-6-7-10(17-8)9(2)13-11(14)4-3-5-12(15)16/h6-7,9H,3-5H2,1-2H3,(H,13,14)(H,15,16). The van der Waals surface area contributed by atoms with Gasteiger partial charge in [0.05, 0.1) is 6.04 Å². The third-order valence-electron chi connectivity index (χ3n) is 2.36. The van der Waals surface area contributed by atoms with Crippen LogP contribution in [0.4, 0.5) is 0 Å². The summed E-state index contributed by atoms with van der Waals surface area (Å²) in [4.78, 5) is 21.7. The highest BCUT2D eigenvalue weighted by Gasteiger charge is 2.12. The van der Waals surface area contributed by atoms with E-state index in [1.54, 1.807) is 0 Å². The number of amides is 1. The zero-order chi connectivity index (χ0) is 12.8. The van der Waals surface area contributed by atoms with E-state index in [9.17, 15) is 9.59 Å². The lowest BCUT2D eigenvalue weighted by atomic mass is 10.2. The number of furan rings is 1. The molecule has 0 aliphatic heterocycles. The van der Waals surface area contributed by atoms with E-state index in [1.165, 1.54) is 0 Å². The molecule has 0 saturated carbocycles. The van der Waals surface area contributed by atoms with Gasteiger partial charge in [0, 0.05) is 12.8 Å². The Kier molecular flexibility index (Phi) is 4.75. The Labute approximate surface area is 99.8 Å². The Morgan fingerprint density at radius 1 is 1.41 bits per heavy atom. The summed E-state index contributed by atoms with van der Waals surface area (Å²) < 4.78 is 5.38. The van der Waals surface area contributed by atoms with E-state index in [4.69, 9.17) is 9.52 Å². The fourth-order valence-electron chi connectivity index (χ4n) is 1.47. The van der Waals surface area contributed by atoms with Gasteiger partial charge in [-0.3, -0.25) is 9.59 Å². The minimum absolute atomic E-state index is 0.0155. The molecule has 1 aromatic heterocycles. The molecule has 0 spiro atoms. The maximum atomic E-state index is 11.5. The van der Waals surface area contributed by atoms with Crippen molar-refractivity contribution in [3.8, 4) is 0 Å². The van der Waals surface area contributed by atoms with Crippen molar-refractivity contribution in [3.63, 3.8) is 0 Å². The number of hydrogen-bond donors (Lipinski definition) is 2. The molecule has 0 bridgehead atoms. The monoisotopic (exact) mass is 239 g/mol. The number of hydrogen-bond acceptors (Lipinski definition) is 3. The predicted molar refractivity (Wildman–Crippen MR) is 61.5 cm³/mol. The van der Waals surface area contributed by atoms with Crippen LogP contribution in [0.2, 0.25) is 0 Å². The van der Waals surface area contributed by atoms with Gasteiger partial charge in [-0.15, -0.1) is 0 Å². The first-order valence-electron chi connectivity index (χ1n) is 5.56. The first-order valence-corrected chi connectivity index (χ1v) is 5.56. The molecule has 1 rings (SSSR count). The molecule has 0 aliphatic carbocycles. The van der Waals surface area contributed by atoms with Gasteiger partial charge in [0.25, 0.3) is 0 Å². The van der Waals surface area contributed by atoms with E-state index in [-0.39, 0.29) is 24.8 Å². The topological polar surface area (TPSA) is 79.5 Å². The molecular formula is C12H17NO4. The minimum Gasteiger partial charge on any atom is -0.481 e. The fourth-order valence-corrected chi connectivity index (χ4v) is 1.47. The highest BCUT2D eigenvalue weighted by Crippen LogP contribution is 2.15. The van der Waals surface area contributed by atoms with Gasteiger partial charge in [-0.05, 0) is 32.4 Å². The second kappa shape index (κ2) is 6.08. The van der Waals surface area contributed by atoms with Gasteiger partial charge in [0.1, 0.15) is 11.5 Å². The van der Waals surface area contributed by atoms with Crippen molar-refractivity contribution in [3.05, 3.63) is 23.7 Å². The summed E-state index contributed by atoms with van der Waals surface area (Å²) in [6.45, 7) is 3.66. The van der Waals surface area contributed by atoms with Crippen LogP contribution in [0.15, 0.2) is 16.5 Å². The highest BCUT2D eigenvalue weighted by atomic mass is 16.4. The summed E-state index contributed by atoms with van der Waals surface area (Å²) in [5, 5.41) is 11.2. The van der Waals surface area contributed by atoms with E-state index in [0.717, 1.165) is 5.76 Å². The van der Waals surface area contributed by atoms with Crippen molar-refractivity contribution in [2.75, 3.05) is 0 Å². The van der Waals surface area contributed by atoms with Crippen LogP contribution in [0.1, 0.15) is 43.7 Å². The van der Waals surface area contributed by atoms with E-state index in [0.29, 0.717) is 12.2 Å². The summed E-state index contributed by atoms with van der Waals surface area (Å²) in [6.07, 6.45) is 0.586. The van der Waals surface area contributed by atoms with Gasteiger partial charge in [0.2, 0.25) is 5.91 Å². The second-order valence-electron chi connectivity index (χ2n) is 3.98. The molecule has 0 aliphatic rings. The average molecular weight is 239 g/mol. The average Bonchev–Trinajstić information content (AvgIpc) is 2.64. The number of carbonyl (C=O) groups excluding carboxylic acids is 1. The van der Waals surface area contributed by atoms with Crippen molar-refractivity contribution in [1.29, 1.82) is 0 Å². The molecule has 17 heavy (non-hydrogen) atoms. The normalized spacial score (nSPS) is 12.1. The van der Waals surface area contributed by atoms with Crippen LogP contribution in [0, 0.1) is 6.92 Å². The van der Waals surface area contributed by atoms with Crippen LogP contribution < -0.4 is 5.32 Å². The Hall–Kier alpha value is -1.78. The smallest absolute Gasteiger partial charge is 0.303 e. The molecule has 1 aromatic rings. The van der Waals surface area contributed by atoms with Crippen molar-refractivity contribution in [2.45, 2.75) is 39.2 Å². The molecular weight excluding hydrogens is 222 g/mol. The molecule has 0 saturated heterocycles. The molecule has 5 nitrogen and oxygen atoms in total. The molecule has 1 unspecified atom stereocenters. The lowest BCUT2D eigenvalue weighted by molar-refractivity contribution is -0.137. The van der Waals surface area contributed by atoms with Crippen LogP contribution in [0.3, 0.4) is 0 Å². The van der Waals surface area contributed by atoms with Crippen molar-refractivity contribution in [2.24, 2.45) is 0 Å². The zero-order valence-corrected chi connectivity index (χ0v) is 10.0. The van der Waals surface area contributed by atoms with Gasteiger partial charge in [-0.2, -0.15) is 0 Å². The summed E-state index contributed by atoms with van der Waals surface area (Å²) >= 11 is 0. The molecule has 94 valence electrons. The number of nitrogens with one attached hydrogen (secondary N) is 1. The van der Waals surface area contributed by atoms with E-state index in [1.807, 2.05) is 26.0 Å². The van der Waals surface area contributed by atoms with Crippen molar-refractivity contribution in [1.82, 2.24) is 5.32 Å². The number of carboxylic acids is 1. The van der Waals surface area contributed by atoms with Crippen LogP contribution in [0.5, 0.6) is 0 Å². The van der Waals surface area contributed by atoms with Gasteiger partial charge in [-0.1, -0.05) is 0 Å². The molecule has 0 aromatic carbocycles. The SMILES string of the molecule is Cc1ccc(C(C)NC(=O)CCCC(=O)O)o1. The summed E-state index contributed by atoms with van der Waals surface area (Å²) in [7, 11) is 0. The van der Waals surface area contributed by atoms with Gasteiger partial charge < -0.3 is 14.8 Å². The van der Waals surface area contributed by atoms with Crippen LogP contribution in [0.25, 0.3) is 0 Å². The lowest BCUT2D eigenvalue weighted by Gasteiger charge is -2.11. The predicted octanol–water partition coefficient (Wildman–Crippen LogP) is 2.02. The Morgan fingerprint density at radius 2 is 2.12 bits per heavy atom. The number of carbonyl (C=O) groups is 2. The van der Waals surface area contributed by atoms with E-state index >= 15 is 0 Å². The molecule has 0 fully saturated rings. The fraction of sp³-hybridized carbons (Fsp3) is 0.500. The highest BCUT2D eigenvalue weighted by molar-refractivity contribution is 5.77. The lowest BCUT2D eigenvalue weighted by Crippen LogP contribution is -2.26. The minimum atomic E-state index is -0.882. The Bertz CT molecular complexity index is 397. The summed E-state index contributed by atoms with van der Waals surface area (Å²) in [6, 6.07) is 3.46. The quantitative estimate of drug-likeness (QED) is 0.795. The zero-order valence-electron chi connectivity index (χ0n) is 10.0. The van der Waals surface area contributed by atoms with Crippen LogP contribution in [-0.2, 0) is 9.59 Å². The molecule has 2 N–H and O–H groups in total. The van der Waals surface area contributed by atoms with Gasteiger partial charge in [-0.25, -0.2) is 0 Å². The summed E-state index contributed by atoms with van der Waals surface area (Å²) in [5.74, 6) is 0.460. The van der Waals surface area contributed by atoms with E-state index < -0.39 is 5.97 Å².